The summed E-state index contributed by atoms with van der Waals surface area (Å²) in [5.74, 6) is -0.00455. The van der Waals surface area contributed by atoms with Crippen molar-refractivity contribution in [3.05, 3.63) is 66.7 Å². The molecule has 1 N–H and O–H groups in total. The first-order valence-corrected chi connectivity index (χ1v) is 8.74. The Balaban J connectivity index is 1.49. The Morgan fingerprint density at radius 3 is 2.54 bits per heavy atom. The molecule has 0 spiro atoms. The Hall–Kier alpha value is -2.99. The third kappa shape index (κ3) is 3.50. The van der Waals surface area contributed by atoms with Crippen molar-refractivity contribution in [2.75, 3.05) is 20.1 Å². The lowest BCUT2D eigenvalue weighted by atomic mass is 10.0. The SMILES string of the molecule is CN1CCC(NC(=O)c2ccc(-c3cccc(-n4cnnc4)c3)cc2)C1. The largest absolute Gasteiger partial charge is 0.348 e. The second-order valence-electron chi connectivity index (χ2n) is 6.72. The molecule has 1 aromatic heterocycles. The molecule has 1 saturated heterocycles. The predicted octanol–water partition coefficient (Wildman–Crippen LogP) is 2.37. The van der Waals surface area contributed by atoms with Crippen LogP contribution < -0.4 is 5.32 Å². The zero-order valence-electron chi connectivity index (χ0n) is 14.7. The monoisotopic (exact) mass is 347 g/mol. The molecule has 0 radical (unpaired) electrons. The molecule has 4 rings (SSSR count). The second kappa shape index (κ2) is 7.09. The van der Waals surface area contributed by atoms with Gasteiger partial charge in [0.25, 0.3) is 5.91 Å². The van der Waals surface area contributed by atoms with Crippen LogP contribution in [-0.4, -0.2) is 51.8 Å². The minimum atomic E-state index is -0.00455. The normalized spacial score (nSPS) is 17.3. The molecule has 3 aromatic rings. The third-order valence-corrected chi connectivity index (χ3v) is 4.77. The Morgan fingerprint density at radius 1 is 1.08 bits per heavy atom. The molecular formula is C20H21N5O. The van der Waals surface area contributed by atoms with Gasteiger partial charge in [-0.3, -0.25) is 9.36 Å². The van der Waals surface area contributed by atoms with E-state index in [1.807, 2.05) is 41.0 Å². The Kier molecular flexibility index (Phi) is 4.50. The van der Waals surface area contributed by atoms with Gasteiger partial charge in [-0.1, -0.05) is 24.3 Å². The molecule has 2 aromatic carbocycles. The third-order valence-electron chi connectivity index (χ3n) is 4.77. The first kappa shape index (κ1) is 16.5. The van der Waals surface area contributed by atoms with Crippen molar-refractivity contribution in [1.82, 2.24) is 25.0 Å². The fraction of sp³-hybridized carbons (Fsp3) is 0.250. The Bertz CT molecular complexity index is 889. The number of aromatic nitrogens is 3. The number of carbonyl (C=O) groups excluding carboxylic acids is 1. The maximum Gasteiger partial charge on any atom is 0.251 e. The van der Waals surface area contributed by atoms with E-state index in [9.17, 15) is 4.79 Å². The topological polar surface area (TPSA) is 63.1 Å². The number of carbonyl (C=O) groups is 1. The molecule has 2 heterocycles. The summed E-state index contributed by atoms with van der Waals surface area (Å²) in [6, 6.07) is 16.1. The van der Waals surface area contributed by atoms with Crippen LogP contribution in [-0.2, 0) is 0 Å². The molecule has 0 bridgehead atoms. The number of hydrogen-bond acceptors (Lipinski definition) is 4. The van der Waals surface area contributed by atoms with Crippen LogP contribution in [0.5, 0.6) is 0 Å². The maximum atomic E-state index is 12.4. The smallest absolute Gasteiger partial charge is 0.251 e. The molecule has 1 atom stereocenters. The average Bonchev–Trinajstić information content (AvgIpc) is 3.34. The van der Waals surface area contributed by atoms with Gasteiger partial charge in [0.15, 0.2) is 0 Å². The lowest BCUT2D eigenvalue weighted by Crippen LogP contribution is -2.36. The van der Waals surface area contributed by atoms with Crippen molar-refractivity contribution in [2.45, 2.75) is 12.5 Å². The molecule has 1 aliphatic rings. The fourth-order valence-electron chi connectivity index (χ4n) is 3.32. The molecule has 6 nitrogen and oxygen atoms in total. The van der Waals surface area contributed by atoms with E-state index in [2.05, 4.69) is 39.6 Å². The number of likely N-dealkylation sites (N-methyl/N-ethyl adjacent to an activating group) is 1. The molecule has 1 amide bonds. The Labute approximate surface area is 152 Å². The molecule has 1 fully saturated rings. The van der Waals surface area contributed by atoms with E-state index in [-0.39, 0.29) is 11.9 Å². The minimum absolute atomic E-state index is 0.00455. The summed E-state index contributed by atoms with van der Waals surface area (Å²) in [6.45, 7) is 1.95. The molecule has 0 saturated carbocycles. The first-order chi connectivity index (χ1) is 12.7. The fourth-order valence-corrected chi connectivity index (χ4v) is 3.32. The number of nitrogens with one attached hydrogen (secondary N) is 1. The zero-order chi connectivity index (χ0) is 17.9. The van der Waals surface area contributed by atoms with Crippen molar-refractivity contribution < 1.29 is 4.79 Å². The molecule has 132 valence electrons. The van der Waals surface area contributed by atoms with Crippen molar-refractivity contribution in [3.8, 4) is 16.8 Å². The van der Waals surface area contributed by atoms with Crippen LogP contribution in [0, 0.1) is 0 Å². The average molecular weight is 347 g/mol. The van der Waals surface area contributed by atoms with Gasteiger partial charge >= 0.3 is 0 Å². The number of benzene rings is 2. The van der Waals surface area contributed by atoms with Gasteiger partial charge in [-0.15, -0.1) is 10.2 Å². The summed E-state index contributed by atoms with van der Waals surface area (Å²) in [4.78, 5) is 14.7. The van der Waals surface area contributed by atoms with Crippen molar-refractivity contribution >= 4 is 5.91 Å². The summed E-state index contributed by atoms with van der Waals surface area (Å²) >= 11 is 0. The predicted molar refractivity (Wildman–Crippen MR) is 100 cm³/mol. The zero-order valence-corrected chi connectivity index (χ0v) is 14.7. The van der Waals surface area contributed by atoms with Crippen LogP contribution in [0.2, 0.25) is 0 Å². The van der Waals surface area contributed by atoms with Gasteiger partial charge in [0.05, 0.1) is 0 Å². The highest BCUT2D eigenvalue weighted by molar-refractivity contribution is 5.95. The van der Waals surface area contributed by atoms with E-state index in [1.165, 1.54) is 0 Å². The lowest BCUT2D eigenvalue weighted by Gasteiger charge is -2.13. The molecule has 26 heavy (non-hydrogen) atoms. The summed E-state index contributed by atoms with van der Waals surface area (Å²) in [7, 11) is 2.08. The molecule has 1 unspecified atom stereocenters. The van der Waals surface area contributed by atoms with Gasteiger partial charge in [-0.05, 0) is 55.4 Å². The molecule has 0 aliphatic carbocycles. The summed E-state index contributed by atoms with van der Waals surface area (Å²) in [5.41, 5.74) is 3.84. The van der Waals surface area contributed by atoms with Gasteiger partial charge in [0, 0.05) is 23.8 Å². The highest BCUT2D eigenvalue weighted by Gasteiger charge is 2.21. The van der Waals surface area contributed by atoms with E-state index in [0.29, 0.717) is 5.56 Å². The molecular weight excluding hydrogens is 326 g/mol. The van der Waals surface area contributed by atoms with Crippen LogP contribution in [0.1, 0.15) is 16.8 Å². The van der Waals surface area contributed by atoms with Crippen LogP contribution in [0.15, 0.2) is 61.2 Å². The van der Waals surface area contributed by atoms with E-state index >= 15 is 0 Å². The number of rotatable bonds is 4. The van der Waals surface area contributed by atoms with Crippen LogP contribution in [0.25, 0.3) is 16.8 Å². The first-order valence-electron chi connectivity index (χ1n) is 8.74. The highest BCUT2D eigenvalue weighted by Crippen LogP contribution is 2.22. The van der Waals surface area contributed by atoms with E-state index < -0.39 is 0 Å². The van der Waals surface area contributed by atoms with Crippen LogP contribution in [0.4, 0.5) is 0 Å². The van der Waals surface area contributed by atoms with Crippen molar-refractivity contribution in [1.29, 1.82) is 0 Å². The number of amides is 1. The van der Waals surface area contributed by atoms with Gasteiger partial charge in [-0.25, -0.2) is 0 Å². The quantitative estimate of drug-likeness (QED) is 0.787. The highest BCUT2D eigenvalue weighted by atomic mass is 16.1. The summed E-state index contributed by atoms with van der Waals surface area (Å²) in [5, 5.41) is 10.8. The van der Waals surface area contributed by atoms with Gasteiger partial charge in [0.1, 0.15) is 12.7 Å². The van der Waals surface area contributed by atoms with E-state index in [4.69, 9.17) is 0 Å². The molecule has 6 heteroatoms. The van der Waals surface area contributed by atoms with Gasteiger partial charge in [0.2, 0.25) is 0 Å². The number of nitrogens with zero attached hydrogens (tertiary/aromatic N) is 4. The summed E-state index contributed by atoms with van der Waals surface area (Å²) < 4.78 is 1.87. The second-order valence-corrected chi connectivity index (χ2v) is 6.72. The number of hydrogen-bond donors (Lipinski definition) is 1. The molecule has 1 aliphatic heterocycles. The number of likely N-dealkylation sites (tertiary alicyclic amines) is 1. The maximum absolute atomic E-state index is 12.4. The summed E-state index contributed by atoms with van der Waals surface area (Å²) in [6.07, 6.45) is 4.36. The van der Waals surface area contributed by atoms with Crippen LogP contribution in [0.3, 0.4) is 0 Å². The van der Waals surface area contributed by atoms with Crippen molar-refractivity contribution in [3.63, 3.8) is 0 Å². The minimum Gasteiger partial charge on any atom is -0.348 e. The van der Waals surface area contributed by atoms with E-state index in [1.54, 1.807) is 12.7 Å². The van der Waals surface area contributed by atoms with Gasteiger partial charge in [-0.2, -0.15) is 0 Å². The Morgan fingerprint density at radius 2 is 1.85 bits per heavy atom. The lowest BCUT2D eigenvalue weighted by molar-refractivity contribution is 0.0938. The van der Waals surface area contributed by atoms with Gasteiger partial charge < -0.3 is 10.2 Å². The van der Waals surface area contributed by atoms with E-state index in [0.717, 1.165) is 36.3 Å². The van der Waals surface area contributed by atoms with Crippen LogP contribution >= 0.6 is 0 Å². The standard InChI is InChI=1S/C20H21N5O/c1-24-10-9-18(12-24)23-20(26)16-7-5-15(6-8-16)17-3-2-4-19(11-17)25-13-21-22-14-25/h2-8,11,13-14,18H,9-10,12H2,1H3,(H,23,26). The van der Waals surface area contributed by atoms with Crippen molar-refractivity contribution in [2.24, 2.45) is 0 Å².